The standard InChI is InChI=1S/C18H22N6O3/c1-23-16-13(11-19-23)17(24-6-8-27-9-7-24)22-18(21-16)20-14-10-12(25-2)4-5-15(14)26-3/h4-5,10-11H,6-9H2,1-3H3,(H,20,21,22). The Labute approximate surface area is 156 Å². The predicted octanol–water partition coefficient (Wildman–Crippen LogP) is 1.96. The van der Waals surface area contributed by atoms with Crippen LogP contribution >= 0.6 is 0 Å². The normalized spacial score (nSPS) is 14.4. The summed E-state index contributed by atoms with van der Waals surface area (Å²) in [5.41, 5.74) is 1.49. The lowest BCUT2D eigenvalue weighted by Crippen LogP contribution is -2.37. The molecule has 0 unspecified atom stereocenters. The highest BCUT2D eigenvalue weighted by Gasteiger charge is 2.20. The van der Waals surface area contributed by atoms with Crippen molar-refractivity contribution >= 4 is 28.5 Å². The van der Waals surface area contributed by atoms with Crippen LogP contribution in [0.15, 0.2) is 24.4 Å². The summed E-state index contributed by atoms with van der Waals surface area (Å²) in [5.74, 6) is 2.71. The number of hydrogen-bond donors (Lipinski definition) is 1. The fraction of sp³-hybridized carbons (Fsp3) is 0.389. The Kier molecular flexibility index (Phi) is 4.68. The van der Waals surface area contributed by atoms with Gasteiger partial charge >= 0.3 is 0 Å². The molecule has 1 fully saturated rings. The van der Waals surface area contributed by atoms with Crippen LogP contribution < -0.4 is 19.7 Å². The van der Waals surface area contributed by atoms with E-state index in [1.54, 1.807) is 25.1 Å². The van der Waals surface area contributed by atoms with Crippen molar-refractivity contribution in [1.29, 1.82) is 0 Å². The van der Waals surface area contributed by atoms with Gasteiger partial charge in [-0.05, 0) is 12.1 Å². The molecule has 1 aliphatic heterocycles. The molecule has 0 atom stereocenters. The average molecular weight is 370 g/mol. The Hall–Kier alpha value is -3.07. The Morgan fingerprint density at radius 1 is 1.11 bits per heavy atom. The van der Waals surface area contributed by atoms with E-state index in [1.807, 2.05) is 25.2 Å². The summed E-state index contributed by atoms with van der Waals surface area (Å²) in [7, 11) is 5.12. The van der Waals surface area contributed by atoms with Crippen LogP contribution in [-0.4, -0.2) is 60.3 Å². The summed E-state index contributed by atoms with van der Waals surface area (Å²) in [6.45, 7) is 2.92. The third-order valence-electron chi connectivity index (χ3n) is 4.54. The molecule has 0 amide bonds. The van der Waals surface area contributed by atoms with Gasteiger partial charge < -0.3 is 24.4 Å². The maximum atomic E-state index is 5.47. The first kappa shape index (κ1) is 17.3. The minimum atomic E-state index is 0.471. The molecule has 2 aromatic heterocycles. The zero-order chi connectivity index (χ0) is 18.8. The Morgan fingerprint density at radius 2 is 1.93 bits per heavy atom. The van der Waals surface area contributed by atoms with Gasteiger partial charge in [0.1, 0.15) is 17.3 Å². The van der Waals surface area contributed by atoms with Crippen molar-refractivity contribution in [3.63, 3.8) is 0 Å². The smallest absolute Gasteiger partial charge is 0.231 e. The lowest BCUT2D eigenvalue weighted by atomic mass is 10.2. The molecule has 0 spiro atoms. The highest BCUT2D eigenvalue weighted by Crippen LogP contribution is 2.32. The van der Waals surface area contributed by atoms with Crippen molar-refractivity contribution in [2.45, 2.75) is 0 Å². The zero-order valence-electron chi connectivity index (χ0n) is 15.6. The number of aromatic nitrogens is 4. The number of hydrogen-bond acceptors (Lipinski definition) is 8. The average Bonchev–Trinajstić information content (AvgIpc) is 3.09. The van der Waals surface area contributed by atoms with E-state index in [-0.39, 0.29) is 0 Å². The number of methoxy groups -OCH3 is 2. The summed E-state index contributed by atoms with van der Waals surface area (Å²) in [6.07, 6.45) is 1.80. The minimum absolute atomic E-state index is 0.471. The quantitative estimate of drug-likeness (QED) is 0.729. The van der Waals surface area contributed by atoms with Crippen molar-refractivity contribution in [2.24, 2.45) is 7.05 Å². The van der Waals surface area contributed by atoms with Crippen molar-refractivity contribution in [3.8, 4) is 11.5 Å². The number of morpholine rings is 1. The van der Waals surface area contributed by atoms with Gasteiger partial charge in [-0.25, -0.2) is 0 Å². The second kappa shape index (κ2) is 7.28. The molecule has 27 heavy (non-hydrogen) atoms. The topological polar surface area (TPSA) is 86.6 Å². The van der Waals surface area contributed by atoms with Gasteiger partial charge in [-0.3, -0.25) is 4.68 Å². The van der Waals surface area contributed by atoms with Crippen LogP contribution in [0, 0.1) is 0 Å². The SMILES string of the molecule is COc1ccc(OC)c(Nc2nc(N3CCOCC3)c3cnn(C)c3n2)c1. The third kappa shape index (κ3) is 3.33. The molecular formula is C18H22N6O3. The predicted molar refractivity (Wildman–Crippen MR) is 102 cm³/mol. The number of rotatable bonds is 5. The van der Waals surface area contributed by atoms with E-state index in [2.05, 4.69) is 20.3 Å². The summed E-state index contributed by atoms with van der Waals surface area (Å²) in [4.78, 5) is 11.6. The molecule has 1 saturated heterocycles. The summed E-state index contributed by atoms with van der Waals surface area (Å²) in [6, 6.07) is 5.53. The second-order valence-electron chi connectivity index (χ2n) is 6.17. The Bertz CT molecular complexity index is 952. The minimum Gasteiger partial charge on any atom is -0.497 e. The maximum absolute atomic E-state index is 5.47. The Morgan fingerprint density at radius 3 is 2.67 bits per heavy atom. The van der Waals surface area contributed by atoms with Crippen LogP contribution in [0.5, 0.6) is 11.5 Å². The Balaban J connectivity index is 1.77. The van der Waals surface area contributed by atoms with Crippen molar-refractivity contribution in [1.82, 2.24) is 19.7 Å². The van der Waals surface area contributed by atoms with Gasteiger partial charge in [-0.15, -0.1) is 0 Å². The molecule has 3 aromatic rings. The molecule has 0 saturated carbocycles. The van der Waals surface area contributed by atoms with Gasteiger partial charge in [0.15, 0.2) is 5.65 Å². The van der Waals surface area contributed by atoms with E-state index < -0.39 is 0 Å². The van der Waals surface area contributed by atoms with Gasteiger partial charge in [0.05, 0.1) is 44.7 Å². The van der Waals surface area contributed by atoms with E-state index >= 15 is 0 Å². The van der Waals surface area contributed by atoms with Crippen LogP contribution in [0.3, 0.4) is 0 Å². The summed E-state index contributed by atoms with van der Waals surface area (Å²) in [5, 5.41) is 8.52. The second-order valence-corrected chi connectivity index (χ2v) is 6.17. The third-order valence-corrected chi connectivity index (χ3v) is 4.54. The van der Waals surface area contributed by atoms with Crippen molar-refractivity contribution < 1.29 is 14.2 Å². The molecule has 0 radical (unpaired) electrons. The number of benzene rings is 1. The van der Waals surface area contributed by atoms with Gasteiger partial charge in [0.2, 0.25) is 5.95 Å². The lowest BCUT2D eigenvalue weighted by Gasteiger charge is -2.28. The zero-order valence-corrected chi connectivity index (χ0v) is 15.6. The van der Waals surface area contributed by atoms with E-state index in [1.165, 1.54) is 0 Å². The molecule has 3 heterocycles. The molecule has 142 valence electrons. The highest BCUT2D eigenvalue weighted by atomic mass is 16.5. The van der Waals surface area contributed by atoms with Gasteiger partial charge in [0.25, 0.3) is 0 Å². The van der Waals surface area contributed by atoms with Gasteiger partial charge in [0, 0.05) is 26.2 Å². The lowest BCUT2D eigenvalue weighted by molar-refractivity contribution is 0.122. The van der Waals surface area contributed by atoms with Gasteiger partial charge in [-0.2, -0.15) is 15.1 Å². The molecule has 1 aromatic carbocycles. The first-order valence-electron chi connectivity index (χ1n) is 8.71. The fourth-order valence-corrected chi connectivity index (χ4v) is 3.11. The number of ether oxygens (including phenoxy) is 3. The van der Waals surface area contributed by atoms with Crippen LogP contribution in [-0.2, 0) is 11.8 Å². The highest BCUT2D eigenvalue weighted by molar-refractivity contribution is 5.88. The van der Waals surface area contributed by atoms with E-state index in [0.717, 1.165) is 35.6 Å². The summed E-state index contributed by atoms with van der Waals surface area (Å²) < 4.78 is 18.0. The fourth-order valence-electron chi connectivity index (χ4n) is 3.11. The molecule has 0 bridgehead atoms. The molecule has 4 rings (SSSR count). The monoisotopic (exact) mass is 370 g/mol. The maximum Gasteiger partial charge on any atom is 0.231 e. The first-order valence-corrected chi connectivity index (χ1v) is 8.71. The van der Waals surface area contributed by atoms with E-state index in [9.17, 15) is 0 Å². The van der Waals surface area contributed by atoms with Crippen molar-refractivity contribution in [2.75, 3.05) is 50.7 Å². The van der Waals surface area contributed by atoms with Crippen LogP contribution in [0.1, 0.15) is 0 Å². The van der Waals surface area contributed by atoms with Crippen LogP contribution in [0.4, 0.5) is 17.5 Å². The molecule has 0 aliphatic carbocycles. The number of fused-ring (bicyclic) bond motifs is 1. The molecule has 9 nitrogen and oxygen atoms in total. The molecule has 1 aliphatic rings. The van der Waals surface area contributed by atoms with Gasteiger partial charge in [-0.1, -0.05) is 0 Å². The number of nitrogens with one attached hydrogen (secondary N) is 1. The van der Waals surface area contributed by atoms with Crippen LogP contribution in [0.25, 0.3) is 11.0 Å². The molecule has 9 heteroatoms. The number of anilines is 3. The first-order chi connectivity index (χ1) is 13.2. The number of nitrogens with zero attached hydrogens (tertiary/aromatic N) is 5. The van der Waals surface area contributed by atoms with E-state index in [0.29, 0.717) is 30.7 Å². The van der Waals surface area contributed by atoms with E-state index in [4.69, 9.17) is 19.2 Å². The molecule has 1 N–H and O–H groups in total. The van der Waals surface area contributed by atoms with Crippen LogP contribution in [0.2, 0.25) is 0 Å². The largest absolute Gasteiger partial charge is 0.497 e. The number of aryl methyl sites for hydroxylation is 1. The molecular weight excluding hydrogens is 348 g/mol. The summed E-state index contributed by atoms with van der Waals surface area (Å²) >= 11 is 0. The van der Waals surface area contributed by atoms with Crippen molar-refractivity contribution in [3.05, 3.63) is 24.4 Å².